The predicted octanol–water partition coefficient (Wildman–Crippen LogP) is 2.48. The average molecular weight is 282 g/mol. The molecule has 2 aromatic carbocycles. The molecule has 2 aromatic rings. The van der Waals surface area contributed by atoms with Crippen molar-refractivity contribution in [2.75, 3.05) is 24.8 Å². The summed E-state index contributed by atoms with van der Waals surface area (Å²) < 4.78 is 10.8. The first kappa shape index (κ1) is 12.5. The van der Waals surface area contributed by atoms with Crippen molar-refractivity contribution in [2.45, 2.75) is 12.5 Å². The van der Waals surface area contributed by atoms with Crippen LogP contribution in [0.5, 0.6) is 11.5 Å². The number of rotatable bonds is 3. The summed E-state index contributed by atoms with van der Waals surface area (Å²) in [7, 11) is 0. The van der Waals surface area contributed by atoms with Crippen molar-refractivity contribution < 1.29 is 9.47 Å². The van der Waals surface area contributed by atoms with Gasteiger partial charge in [-0.25, -0.2) is 0 Å². The average Bonchev–Trinajstić information content (AvgIpc) is 3.13. The van der Waals surface area contributed by atoms with Gasteiger partial charge >= 0.3 is 0 Å². The van der Waals surface area contributed by atoms with Gasteiger partial charge in [0.15, 0.2) is 11.5 Å². The van der Waals surface area contributed by atoms with E-state index < -0.39 is 0 Å². The standard InChI is InChI=1S/C17H18N2O2/c18-14(13-5-6-16-17(9-13)21-11-20-16)10-19-8-7-12-3-1-2-4-15(12)19/h1-6,9,14H,7-8,10-11,18H2. The molecule has 4 rings (SSSR count). The van der Waals surface area contributed by atoms with Gasteiger partial charge in [0, 0.05) is 24.8 Å². The van der Waals surface area contributed by atoms with E-state index in [2.05, 4.69) is 29.2 Å². The number of benzene rings is 2. The minimum Gasteiger partial charge on any atom is -0.454 e. The second-order valence-electron chi connectivity index (χ2n) is 5.54. The van der Waals surface area contributed by atoms with Crippen LogP contribution in [0.15, 0.2) is 42.5 Å². The summed E-state index contributed by atoms with van der Waals surface area (Å²) >= 11 is 0. The number of anilines is 1. The molecule has 0 saturated heterocycles. The number of nitrogens with two attached hydrogens (primary N) is 1. The fourth-order valence-electron chi connectivity index (χ4n) is 3.08. The van der Waals surface area contributed by atoms with Crippen LogP contribution in [0.1, 0.15) is 17.2 Å². The van der Waals surface area contributed by atoms with Crippen LogP contribution in [-0.2, 0) is 6.42 Å². The summed E-state index contributed by atoms with van der Waals surface area (Å²) in [4.78, 5) is 2.37. The summed E-state index contributed by atoms with van der Waals surface area (Å²) in [5, 5.41) is 0. The number of hydrogen-bond donors (Lipinski definition) is 1. The van der Waals surface area contributed by atoms with E-state index in [4.69, 9.17) is 15.2 Å². The van der Waals surface area contributed by atoms with Gasteiger partial charge in [-0.15, -0.1) is 0 Å². The molecule has 1 atom stereocenters. The quantitative estimate of drug-likeness (QED) is 0.939. The van der Waals surface area contributed by atoms with Crippen molar-refractivity contribution in [3.8, 4) is 11.5 Å². The topological polar surface area (TPSA) is 47.7 Å². The summed E-state index contributed by atoms with van der Waals surface area (Å²) in [6.07, 6.45) is 1.10. The van der Waals surface area contributed by atoms with Gasteiger partial charge in [0.05, 0.1) is 0 Å². The molecule has 4 nitrogen and oxygen atoms in total. The molecule has 0 aromatic heterocycles. The van der Waals surface area contributed by atoms with E-state index in [0.29, 0.717) is 6.79 Å². The zero-order chi connectivity index (χ0) is 14.2. The monoisotopic (exact) mass is 282 g/mol. The largest absolute Gasteiger partial charge is 0.454 e. The number of nitrogens with zero attached hydrogens (tertiary/aromatic N) is 1. The van der Waals surface area contributed by atoms with Crippen molar-refractivity contribution in [3.05, 3.63) is 53.6 Å². The molecule has 0 saturated carbocycles. The Bertz CT molecular complexity index is 672. The van der Waals surface area contributed by atoms with E-state index in [1.54, 1.807) is 0 Å². The van der Waals surface area contributed by atoms with Gasteiger partial charge in [-0.3, -0.25) is 0 Å². The third kappa shape index (κ3) is 2.21. The number of para-hydroxylation sites is 1. The number of ether oxygens (including phenoxy) is 2. The van der Waals surface area contributed by atoms with Crippen molar-refractivity contribution in [1.82, 2.24) is 0 Å². The van der Waals surface area contributed by atoms with Crippen LogP contribution in [0.2, 0.25) is 0 Å². The molecule has 2 heterocycles. The summed E-state index contributed by atoms with van der Waals surface area (Å²) in [6.45, 7) is 2.15. The smallest absolute Gasteiger partial charge is 0.231 e. The van der Waals surface area contributed by atoms with Crippen LogP contribution >= 0.6 is 0 Å². The number of hydrogen-bond acceptors (Lipinski definition) is 4. The maximum absolute atomic E-state index is 6.39. The Morgan fingerprint density at radius 2 is 1.95 bits per heavy atom. The second kappa shape index (κ2) is 4.97. The van der Waals surface area contributed by atoms with Gasteiger partial charge in [-0.1, -0.05) is 24.3 Å². The van der Waals surface area contributed by atoms with E-state index in [1.807, 2.05) is 18.2 Å². The lowest BCUT2D eigenvalue weighted by atomic mass is 10.1. The van der Waals surface area contributed by atoms with Gasteiger partial charge in [-0.2, -0.15) is 0 Å². The Morgan fingerprint density at radius 1 is 1.10 bits per heavy atom. The molecule has 0 aliphatic carbocycles. The zero-order valence-electron chi connectivity index (χ0n) is 11.8. The summed E-state index contributed by atoms with van der Waals surface area (Å²) in [6, 6.07) is 14.5. The SMILES string of the molecule is NC(CN1CCc2ccccc21)c1ccc2c(c1)OCO2. The lowest BCUT2D eigenvalue weighted by Crippen LogP contribution is -2.30. The van der Waals surface area contributed by atoms with E-state index in [1.165, 1.54) is 11.3 Å². The zero-order valence-corrected chi connectivity index (χ0v) is 11.8. The lowest BCUT2D eigenvalue weighted by molar-refractivity contribution is 0.174. The van der Waals surface area contributed by atoms with Gasteiger partial charge in [-0.05, 0) is 35.7 Å². The van der Waals surface area contributed by atoms with Crippen LogP contribution in [0, 0.1) is 0 Å². The highest BCUT2D eigenvalue weighted by Crippen LogP contribution is 2.35. The Balaban J connectivity index is 1.53. The minimum atomic E-state index is -0.0364. The Hall–Kier alpha value is -2.20. The Morgan fingerprint density at radius 3 is 2.90 bits per heavy atom. The van der Waals surface area contributed by atoms with Gasteiger partial charge in [0.1, 0.15) is 0 Å². The molecule has 21 heavy (non-hydrogen) atoms. The van der Waals surface area contributed by atoms with E-state index in [-0.39, 0.29) is 6.04 Å². The molecule has 1 unspecified atom stereocenters. The van der Waals surface area contributed by atoms with Crippen molar-refractivity contribution in [1.29, 1.82) is 0 Å². The maximum atomic E-state index is 6.39. The molecule has 2 aliphatic rings. The highest BCUT2D eigenvalue weighted by atomic mass is 16.7. The third-order valence-electron chi connectivity index (χ3n) is 4.23. The highest BCUT2D eigenvalue weighted by molar-refractivity contribution is 5.58. The second-order valence-corrected chi connectivity index (χ2v) is 5.54. The first-order chi connectivity index (χ1) is 10.3. The first-order valence-corrected chi connectivity index (χ1v) is 7.29. The molecule has 0 amide bonds. The molecule has 0 radical (unpaired) electrons. The van der Waals surface area contributed by atoms with Gasteiger partial charge in [0.2, 0.25) is 6.79 Å². The predicted molar refractivity (Wildman–Crippen MR) is 81.9 cm³/mol. The fourth-order valence-corrected chi connectivity index (χ4v) is 3.08. The summed E-state index contributed by atoms with van der Waals surface area (Å²) in [5.41, 5.74) is 10.2. The molecule has 4 heteroatoms. The van der Waals surface area contributed by atoms with Gasteiger partial charge < -0.3 is 20.1 Å². The highest BCUT2D eigenvalue weighted by Gasteiger charge is 2.22. The van der Waals surface area contributed by atoms with Crippen molar-refractivity contribution in [3.63, 3.8) is 0 Å². The fraction of sp³-hybridized carbons (Fsp3) is 0.294. The normalized spacial score (nSPS) is 16.9. The molecular weight excluding hydrogens is 264 g/mol. The third-order valence-corrected chi connectivity index (χ3v) is 4.23. The van der Waals surface area contributed by atoms with Crippen molar-refractivity contribution in [2.24, 2.45) is 5.73 Å². The summed E-state index contributed by atoms with van der Waals surface area (Å²) in [5.74, 6) is 1.60. The van der Waals surface area contributed by atoms with Crippen LogP contribution in [0.4, 0.5) is 5.69 Å². The molecule has 0 spiro atoms. The molecule has 2 aliphatic heterocycles. The molecular formula is C17H18N2O2. The van der Waals surface area contributed by atoms with Crippen molar-refractivity contribution >= 4 is 5.69 Å². The molecule has 0 bridgehead atoms. The molecule has 108 valence electrons. The van der Waals surface area contributed by atoms with Crippen LogP contribution in [-0.4, -0.2) is 19.9 Å². The van der Waals surface area contributed by atoms with Crippen LogP contribution in [0.25, 0.3) is 0 Å². The van der Waals surface area contributed by atoms with Crippen LogP contribution in [0.3, 0.4) is 0 Å². The first-order valence-electron chi connectivity index (χ1n) is 7.29. The van der Waals surface area contributed by atoms with Crippen LogP contribution < -0.4 is 20.1 Å². The molecule has 2 N–H and O–H groups in total. The van der Waals surface area contributed by atoms with E-state index >= 15 is 0 Å². The van der Waals surface area contributed by atoms with E-state index in [0.717, 1.165) is 36.6 Å². The van der Waals surface area contributed by atoms with Gasteiger partial charge in [0.25, 0.3) is 0 Å². The lowest BCUT2D eigenvalue weighted by Gasteiger charge is -2.24. The minimum absolute atomic E-state index is 0.0364. The number of fused-ring (bicyclic) bond motifs is 2. The van der Waals surface area contributed by atoms with E-state index in [9.17, 15) is 0 Å². The Labute approximate surface area is 124 Å². The Kier molecular flexibility index (Phi) is 2.97. The molecule has 0 fully saturated rings. The maximum Gasteiger partial charge on any atom is 0.231 e.